The summed E-state index contributed by atoms with van der Waals surface area (Å²) in [6.07, 6.45) is -0.919. The molecule has 1 saturated heterocycles. The zero-order valence-electron chi connectivity index (χ0n) is 18.6. The molecule has 0 spiro atoms. The summed E-state index contributed by atoms with van der Waals surface area (Å²) in [4.78, 5) is 27.5. The molecular formula is C22H26BrClN4O5S. The topological polar surface area (TPSA) is 133 Å². The molecule has 1 heterocycles. The number of rotatable bonds is 7. The lowest BCUT2D eigenvalue weighted by molar-refractivity contribution is 0.0951. The Morgan fingerprint density at radius 2 is 1.82 bits per heavy atom. The molecule has 1 aliphatic rings. The van der Waals surface area contributed by atoms with Crippen LogP contribution in [-0.4, -0.2) is 67.3 Å². The molecule has 0 bridgehead atoms. The number of sulfone groups is 1. The van der Waals surface area contributed by atoms with Gasteiger partial charge >= 0.3 is 6.09 Å². The SMILES string of the molecule is CCS(=O)(=O)c1ccc(Cl)cc1CNC(=O)c1cc(Br)c(CN2CCN(C(=O)O)CC2)cc1N. The van der Waals surface area contributed by atoms with Crippen molar-refractivity contribution in [3.8, 4) is 0 Å². The molecule has 4 N–H and O–H groups in total. The van der Waals surface area contributed by atoms with Gasteiger partial charge in [0.25, 0.3) is 5.91 Å². The smallest absolute Gasteiger partial charge is 0.407 e. The molecule has 184 valence electrons. The molecule has 0 aromatic heterocycles. The molecule has 9 nitrogen and oxygen atoms in total. The lowest BCUT2D eigenvalue weighted by Gasteiger charge is -2.33. The van der Waals surface area contributed by atoms with E-state index < -0.39 is 21.8 Å². The number of hydrogen-bond acceptors (Lipinski definition) is 6. The number of amides is 2. The van der Waals surface area contributed by atoms with E-state index >= 15 is 0 Å². The van der Waals surface area contributed by atoms with Crippen LogP contribution < -0.4 is 11.1 Å². The van der Waals surface area contributed by atoms with E-state index in [1.807, 2.05) is 0 Å². The maximum Gasteiger partial charge on any atom is 0.407 e. The minimum Gasteiger partial charge on any atom is -0.465 e. The van der Waals surface area contributed by atoms with Crippen molar-refractivity contribution in [2.75, 3.05) is 37.7 Å². The van der Waals surface area contributed by atoms with E-state index in [1.54, 1.807) is 19.1 Å². The Hall–Kier alpha value is -2.34. The van der Waals surface area contributed by atoms with Crippen LogP contribution in [0.5, 0.6) is 0 Å². The molecule has 0 unspecified atom stereocenters. The van der Waals surface area contributed by atoms with Gasteiger partial charge in [0.05, 0.1) is 16.2 Å². The summed E-state index contributed by atoms with van der Waals surface area (Å²) < 4.78 is 25.5. The first-order valence-corrected chi connectivity index (χ1v) is 13.4. The van der Waals surface area contributed by atoms with Crippen molar-refractivity contribution in [1.29, 1.82) is 0 Å². The van der Waals surface area contributed by atoms with Crippen LogP contribution in [0, 0.1) is 0 Å². The number of benzene rings is 2. The summed E-state index contributed by atoms with van der Waals surface area (Å²) in [6, 6.07) is 7.82. The van der Waals surface area contributed by atoms with Crippen molar-refractivity contribution in [1.82, 2.24) is 15.1 Å². The quantitative estimate of drug-likeness (QED) is 0.433. The number of hydrogen-bond donors (Lipinski definition) is 3. The van der Waals surface area contributed by atoms with Gasteiger partial charge in [-0.05, 0) is 41.5 Å². The predicted octanol–water partition coefficient (Wildman–Crippen LogP) is 3.20. The van der Waals surface area contributed by atoms with E-state index in [1.165, 1.54) is 23.1 Å². The van der Waals surface area contributed by atoms with Gasteiger partial charge in [-0.25, -0.2) is 13.2 Å². The second-order valence-electron chi connectivity index (χ2n) is 7.91. The van der Waals surface area contributed by atoms with Crippen molar-refractivity contribution in [3.63, 3.8) is 0 Å². The molecule has 0 radical (unpaired) electrons. The van der Waals surface area contributed by atoms with E-state index in [2.05, 4.69) is 26.1 Å². The van der Waals surface area contributed by atoms with Gasteiger partial charge in [0.1, 0.15) is 0 Å². The van der Waals surface area contributed by atoms with Crippen molar-refractivity contribution >= 4 is 55.1 Å². The molecule has 1 aliphatic heterocycles. The van der Waals surface area contributed by atoms with Crippen LogP contribution >= 0.6 is 27.5 Å². The maximum absolute atomic E-state index is 12.8. The standard InChI is InChI=1S/C22H26BrClN4O5S/c1-2-34(32,33)20-4-3-16(24)9-14(20)12-26-21(29)17-11-18(23)15(10-19(17)25)13-27-5-7-28(8-6-27)22(30)31/h3-4,9-11H,2,5-8,12-13,25H2,1H3,(H,26,29)(H,30,31). The van der Waals surface area contributed by atoms with Gasteiger partial charge in [0.2, 0.25) is 0 Å². The number of carbonyl (C=O) groups is 2. The maximum atomic E-state index is 12.8. The highest BCUT2D eigenvalue weighted by Crippen LogP contribution is 2.26. The highest BCUT2D eigenvalue weighted by Gasteiger charge is 2.22. The van der Waals surface area contributed by atoms with Crippen molar-refractivity contribution < 1.29 is 23.1 Å². The van der Waals surface area contributed by atoms with Crippen LogP contribution in [0.2, 0.25) is 5.02 Å². The molecule has 34 heavy (non-hydrogen) atoms. The zero-order chi connectivity index (χ0) is 25.0. The minimum absolute atomic E-state index is 0.0272. The Bertz CT molecular complexity index is 1200. The van der Waals surface area contributed by atoms with Crippen molar-refractivity contribution in [2.45, 2.75) is 24.9 Å². The number of nitrogens with one attached hydrogen (secondary N) is 1. The molecular weight excluding hydrogens is 548 g/mol. The first-order valence-electron chi connectivity index (χ1n) is 10.6. The van der Waals surface area contributed by atoms with Crippen molar-refractivity contribution in [2.24, 2.45) is 0 Å². The van der Waals surface area contributed by atoms with Gasteiger partial charge in [-0.15, -0.1) is 0 Å². The third-order valence-electron chi connectivity index (χ3n) is 5.68. The van der Waals surface area contributed by atoms with Gasteiger partial charge < -0.3 is 21.1 Å². The van der Waals surface area contributed by atoms with E-state index in [0.29, 0.717) is 47.8 Å². The van der Waals surface area contributed by atoms with Gasteiger partial charge in [-0.3, -0.25) is 9.69 Å². The normalized spacial score (nSPS) is 14.7. The monoisotopic (exact) mass is 572 g/mol. The molecule has 1 fully saturated rings. The van der Waals surface area contributed by atoms with Gasteiger partial charge in [-0.1, -0.05) is 34.5 Å². The molecule has 0 aliphatic carbocycles. The van der Waals surface area contributed by atoms with E-state index in [4.69, 9.17) is 22.4 Å². The number of piperazine rings is 1. The number of nitrogens with zero attached hydrogens (tertiary/aromatic N) is 2. The molecule has 3 rings (SSSR count). The number of carbonyl (C=O) groups excluding carboxylic acids is 1. The van der Waals surface area contributed by atoms with Crippen LogP contribution in [0.1, 0.15) is 28.4 Å². The van der Waals surface area contributed by atoms with Crippen molar-refractivity contribution in [3.05, 3.63) is 56.5 Å². The van der Waals surface area contributed by atoms with Crippen LogP contribution in [0.3, 0.4) is 0 Å². The highest BCUT2D eigenvalue weighted by molar-refractivity contribution is 9.10. The number of carboxylic acid groups (broad SMARTS) is 1. The average Bonchev–Trinajstić information content (AvgIpc) is 2.79. The number of halogens is 2. The van der Waals surface area contributed by atoms with Crippen LogP contribution in [0.4, 0.5) is 10.5 Å². The van der Waals surface area contributed by atoms with E-state index in [9.17, 15) is 18.0 Å². The predicted molar refractivity (Wildman–Crippen MR) is 134 cm³/mol. The largest absolute Gasteiger partial charge is 0.465 e. The fraction of sp³-hybridized carbons (Fsp3) is 0.364. The van der Waals surface area contributed by atoms with E-state index in [-0.39, 0.29) is 28.4 Å². The molecule has 0 atom stereocenters. The average molecular weight is 574 g/mol. The second kappa shape index (κ2) is 10.9. The molecule has 2 amide bonds. The molecule has 2 aromatic carbocycles. The molecule has 12 heteroatoms. The third kappa shape index (κ3) is 6.21. The Labute approximate surface area is 211 Å². The minimum atomic E-state index is -3.48. The lowest BCUT2D eigenvalue weighted by atomic mass is 10.1. The molecule has 0 saturated carbocycles. The fourth-order valence-electron chi connectivity index (χ4n) is 3.71. The summed E-state index contributed by atoms with van der Waals surface area (Å²) >= 11 is 9.54. The Kier molecular flexibility index (Phi) is 8.45. The van der Waals surface area contributed by atoms with Gasteiger partial charge in [0.15, 0.2) is 9.84 Å². The zero-order valence-corrected chi connectivity index (χ0v) is 21.7. The van der Waals surface area contributed by atoms with Crippen LogP contribution in [0.25, 0.3) is 0 Å². The summed E-state index contributed by atoms with van der Waals surface area (Å²) in [5.41, 5.74) is 7.99. The van der Waals surface area contributed by atoms with Crippen LogP contribution in [-0.2, 0) is 22.9 Å². The first kappa shape index (κ1) is 26.3. The second-order valence-corrected chi connectivity index (χ2v) is 11.5. The summed E-state index contributed by atoms with van der Waals surface area (Å²) in [5, 5.41) is 12.2. The lowest BCUT2D eigenvalue weighted by Crippen LogP contribution is -2.47. The number of anilines is 1. The summed E-state index contributed by atoms with van der Waals surface area (Å²) in [5.74, 6) is -0.512. The Morgan fingerprint density at radius 1 is 1.15 bits per heavy atom. The summed E-state index contributed by atoms with van der Waals surface area (Å²) in [6.45, 7) is 4.15. The van der Waals surface area contributed by atoms with E-state index in [0.717, 1.165) is 5.56 Å². The van der Waals surface area contributed by atoms with Crippen LogP contribution in [0.15, 0.2) is 39.7 Å². The highest BCUT2D eigenvalue weighted by atomic mass is 79.9. The molecule has 2 aromatic rings. The number of nitrogen functional groups attached to an aromatic ring is 1. The van der Waals surface area contributed by atoms with Gasteiger partial charge in [0, 0.05) is 54.5 Å². The Morgan fingerprint density at radius 3 is 2.44 bits per heavy atom. The van der Waals surface area contributed by atoms with Gasteiger partial charge in [-0.2, -0.15) is 0 Å². The first-order chi connectivity index (χ1) is 16.0. The fourth-order valence-corrected chi connectivity index (χ4v) is 5.49. The Balaban J connectivity index is 1.71. The third-order valence-corrected chi connectivity index (χ3v) is 8.48. The number of nitrogens with two attached hydrogens (primary N) is 1. The summed E-state index contributed by atoms with van der Waals surface area (Å²) in [7, 11) is -3.48.